The molecule has 2 rings (SSSR count). The Bertz CT molecular complexity index is 661. The quantitative estimate of drug-likeness (QED) is 0.885. The van der Waals surface area contributed by atoms with Crippen molar-refractivity contribution in [3.8, 4) is 0 Å². The molecule has 0 saturated carbocycles. The van der Waals surface area contributed by atoms with E-state index in [9.17, 15) is 9.18 Å². The van der Waals surface area contributed by atoms with Crippen molar-refractivity contribution in [2.24, 2.45) is 0 Å². The highest BCUT2D eigenvalue weighted by atomic mass is 79.9. The number of carbonyl (C=O) groups is 1. The second-order valence-corrected chi connectivity index (χ2v) is 5.21. The zero-order chi connectivity index (χ0) is 15.4. The molecule has 2 aromatic rings. The number of nitrogens with one attached hydrogen (secondary N) is 2. The first-order valence-electron chi connectivity index (χ1n) is 6.34. The average Bonchev–Trinajstić information content (AvgIpc) is 2.46. The Labute approximate surface area is 130 Å². The number of carbonyl (C=O) groups excluding carboxylic acids is 1. The van der Waals surface area contributed by atoms with Crippen LogP contribution in [0.2, 0.25) is 0 Å². The molecule has 0 aliphatic heterocycles. The minimum atomic E-state index is -0.440. The van der Waals surface area contributed by atoms with Crippen LogP contribution in [0.5, 0.6) is 0 Å². The molecule has 0 saturated heterocycles. The van der Waals surface area contributed by atoms with Gasteiger partial charge in [-0.2, -0.15) is 0 Å². The van der Waals surface area contributed by atoms with E-state index in [0.29, 0.717) is 16.0 Å². The third kappa shape index (κ3) is 3.75. The predicted octanol–water partition coefficient (Wildman–Crippen LogP) is 3.37. The summed E-state index contributed by atoms with van der Waals surface area (Å²) < 4.78 is 13.9. The van der Waals surface area contributed by atoms with E-state index in [1.807, 2.05) is 6.92 Å². The van der Waals surface area contributed by atoms with E-state index in [4.69, 9.17) is 0 Å². The maximum absolute atomic E-state index is 13.5. The van der Waals surface area contributed by atoms with Crippen LogP contribution in [0.4, 0.5) is 15.9 Å². The number of anilines is 2. The summed E-state index contributed by atoms with van der Waals surface area (Å²) in [6.45, 7) is 4.44. The van der Waals surface area contributed by atoms with Crippen LogP contribution < -0.4 is 10.6 Å². The smallest absolute Gasteiger partial charge is 0.275 e. The molecule has 1 amide bonds. The zero-order valence-corrected chi connectivity index (χ0v) is 13.2. The van der Waals surface area contributed by atoms with Crippen molar-refractivity contribution >= 4 is 33.3 Å². The molecule has 0 radical (unpaired) electrons. The van der Waals surface area contributed by atoms with Crippen molar-refractivity contribution in [1.29, 1.82) is 0 Å². The number of aryl methyl sites for hydroxylation is 1. The molecule has 110 valence electrons. The predicted molar refractivity (Wildman–Crippen MR) is 83.0 cm³/mol. The SMILES string of the molecule is CCNc1cnc(C(=O)Nc2cc(F)c(Br)cc2C)cn1. The average molecular weight is 353 g/mol. The molecular weight excluding hydrogens is 339 g/mol. The molecule has 1 aromatic carbocycles. The first kappa shape index (κ1) is 15.4. The highest BCUT2D eigenvalue weighted by Gasteiger charge is 2.12. The van der Waals surface area contributed by atoms with Crippen molar-refractivity contribution < 1.29 is 9.18 Å². The Morgan fingerprint density at radius 2 is 2.10 bits per heavy atom. The lowest BCUT2D eigenvalue weighted by molar-refractivity contribution is 0.102. The van der Waals surface area contributed by atoms with Gasteiger partial charge in [0.05, 0.1) is 16.9 Å². The molecule has 0 aliphatic carbocycles. The summed E-state index contributed by atoms with van der Waals surface area (Å²) in [6, 6.07) is 2.86. The van der Waals surface area contributed by atoms with Gasteiger partial charge < -0.3 is 10.6 Å². The molecule has 21 heavy (non-hydrogen) atoms. The number of rotatable bonds is 4. The molecule has 0 spiro atoms. The van der Waals surface area contributed by atoms with Crippen molar-refractivity contribution in [3.63, 3.8) is 0 Å². The van der Waals surface area contributed by atoms with Gasteiger partial charge in [0.25, 0.3) is 5.91 Å². The van der Waals surface area contributed by atoms with Crippen molar-refractivity contribution in [2.75, 3.05) is 17.2 Å². The Morgan fingerprint density at radius 3 is 2.71 bits per heavy atom. The first-order chi connectivity index (χ1) is 10.0. The van der Waals surface area contributed by atoms with Gasteiger partial charge in [-0.15, -0.1) is 0 Å². The Balaban J connectivity index is 2.16. The van der Waals surface area contributed by atoms with Crippen LogP contribution >= 0.6 is 15.9 Å². The van der Waals surface area contributed by atoms with Crippen LogP contribution in [-0.4, -0.2) is 22.4 Å². The molecule has 0 aliphatic rings. The number of amides is 1. The lowest BCUT2D eigenvalue weighted by Crippen LogP contribution is -2.15. The van der Waals surface area contributed by atoms with Gasteiger partial charge in [0.1, 0.15) is 17.3 Å². The Morgan fingerprint density at radius 1 is 1.33 bits per heavy atom. The topological polar surface area (TPSA) is 66.9 Å². The lowest BCUT2D eigenvalue weighted by Gasteiger charge is -2.09. The van der Waals surface area contributed by atoms with E-state index in [-0.39, 0.29) is 5.69 Å². The van der Waals surface area contributed by atoms with Gasteiger partial charge in [-0.05, 0) is 47.5 Å². The molecule has 7 heteroatoms. The van der Waals surface area contributed by atoms with Crippen molar-refractivity contribution in [3.05, 3.63) is 46.1 Å². The van der Waals surface area contributed by atoms with E-state index >= 15 is 0 Å². The van der Waals surface area contributed by atoms with E-state index < -0.39 is 11.7 Å². The summed E-state index contributed by atoms with van der Waals surface area (Å²) in [6.07, 6.45) is 2.85. The van der Waals surface area contributed by atoms with E-state index in [1.165, 1.54) is 18.5 Å². The molecule has 0 bridgehead atoms. The summed E-state index contributed by atoms with van der Waals surface area (Å²) in [7, 11) is 0. The molecular formula is C14H14BrFN4O. The van der Waals surface area contributed by atoms with E-state index in [2.05, 4.69) is 36.5 Å². The van der Waals surface area contributed by atoms with Crippen LogP contribution in [0, 0.1) is 12.7 Å². The molecule has 0 atom stereocenters. The van der Waals surface area contributed by atoms with Gasteiger partial charge in [0, 0.05) is 12.2 Å². The summed E-state index contributed by atoms with van der Waals surface area (Å²) in [5.41, 5.74) is 1.31. The Hall–Kier alpha value is -2.02. The highest BCUT2D eigenvalue weighted by Crippen LogP contribution is 2.24. The van der Waals surface area contributed by atoms with Gasteiger partial charge in [-0.3, -0.25) is 4.79 Å². The van der Waals surface area contributed by atoms with Crippen molar-refractivity contribution in [1.82, 2.24) is 9.97 Å². The monoisotopic (exact) mass is 352 g/mol. The number of benzene rings is 1. The second kappa shape index (κ2) is 6.62. The van der Waals surface area contributed by atoms with Crippen LogP contribution in [0.15, 0.2) is 29.0 Å². The fraction of sp³-hybridized carbons (Fsp3) is 0.214. The van der Waals surface area contributed by atoms with Crippen LogP contribution in [0.1, 0.15) is 23.0 Å². The highest BCUT2D eigenvalue weighted by molar-refractivity contribution is 9.10. The van der Waals surface area contributed by atoms with Gasteiger partial charge >= 0.3 is 0 Å². The first-order valence-corrected chi connectivity index (χ1v) is 7.13. The number of aromatic nitrogens is 2. The number of nitrogens with zero attached hydrogens (tertiary/aromatic N) is 2. The normalized spacial score (nSPS) is 10.3. The molecule has 1 aromatic heterocycles. The van der Waals surface area contributed by atoms with E-state index in [1.54, 1.807) is 13.0 Å². The standard InChI is InChI=1S/C14H14BrFN4O/c1-3-17-13-7-18-12(6-19-13)14(21)20-11-5-10(16)9(15)4-8(11)2/h4-7H,3H2,1-2H3,(H,17,19)(H,20,21). The molecule has 0 unspecified atom stereocenters. The van der Waals surface area contributed by atoms with Crippen LogP contribution in [0.3, 0.4) is 0 Å². The molecule has 0 fully saturated rings. The summed E-state index contributed by atoms with van der Waals surface area (Å²) in [4.78, 5) is 20.2. The Kier molecular flexibility index (Phi) is 4.85. The molecule has 5 nitrogen and oxygen atoms in total. The largest absolute Gasteiger partial charge is 0.369 e. The van der Waals surface area contributed by atoms with Gasteiger partial charge in [0.2, 0.25) is 0 Å². The third-order valence-electron chi connectivity index (χ3n) is 2.76. The number of halogens is 2. The van der Waals surface area contributed by atoms with Gasteiger partial charge in [-0.25, -0.2) is 14.4 Å². The van der Waals surface area contributed by atoms with Gasteiger partial charge in [-0.1, -0.05) is 0 Å². The minimum absolute atomic E-state index is 0.166. The minimum Gasteiger partial charge on any atom is -0.369 e. The van der Waals surface area contributed by atoms with Crippen LogP contribution in [0.25, 0.3) is 0 Å². The number of hydrogen-bond donors (Lipinski definition) is 2. The maximum atomic E-state index is 13.5. The third-order valence-corrected chi connectivity index (χ3v) is 3.37. The summed E-state index contributed by atoms with van der Waals surface area (Å²) >= 11 is 3.10. The summed E-state index contributed by atoms with van der Waals surface area (Å²) in [5, 5.41) is 5.61. The second-order valence-electron chi connectivity index (χ2n) is 4.35. The molecule has 1 heterocycles. The maximum Gasteiger partial charge on any atom is 0.275 e. The van der Waals surface area contributed by atoms with Crippen LogP contribution in [-0.2, 0) is 0 Å². The zero-order valence-electron chi connectivity index (χ0n) is 11.6. The van der Waals surface area contributed by atoms with Crippen molar-refractivity contribution in [2.45, 2.75) is 13.8 Å². The van der Waals surface area contributed by atoms with Gasteiger partial charge in [0.15, 0.2) is 0 Å². The number of hydrogen-bond acceptors (Lipinski definition) is 4. The lowest BCUT2D eigenvalue weighted by atomic mass is 10.2. The summed E-state index contributed by atoms with van der Waals surface area (Å²) in [5.74, 6) is -0.278. The van der Waals surface area contributed by atoms with E-state index in [0.717, 1.165) is 12.1 Å². The fourth-order valence-corrected chi connectivity index (χ4v) is 2.14. The fourth-order valence-electron chi connectivity index (χ4n) is 1.68. The molecule has 2 N–H and O–H groups in total.